The third kappa shape index (κ3) is 6.37. The van der Waals surface area contributed by atoms with Crippen LogP contribution in [0.25, 0.3) is 33.2 Å². The standard InChI is InChI=1S/C38H30ClFN2O2S/c1-6-8-26(30-17-13-27(20-34(30)39)38(43)44-5)19-25(4)37-36(31-10-7-9-24(3)33(31)22-41)32-21-28(40)14-18-35(32)42(37)45-29-15-11-23(2)12-16-29/h6-21H,4H2,1-3,5H3/b8-6-,26-19+. The number of halogens is 2. The SMILES string of the molecule is C=C(/C=C(\C=C/C)c1ccc(C(=O)OC)cc1Cl)c1c(-c2cccc(C)c2C#N)c2cc(F)ccc2n1Sc1ccc(C)cc1. The summed E-state index contributed by atoms with van der Waals surface area (Å²) in [5.74, 6) is -0.863. The highest BCUT2D eigenvalue weighted by atomic mass is 35.5. The number of aromatic nitrogens is 1. The molecular weight excluding hydrogens is 603 g/mol. The average molecular weight is 633 g/mol. The first-order valence-electron chi connectivity index (χ1n) is 14.2. The molecule has 0 aliphatic carbocycles. The summed E-state index contributed by atoms with van der Waals surface area (Å²) >= 11 is 8.20. The molecule has 0 bridgehead atoms. The van der Waals surface area contributed by atoms with Gasteiger partial charge in [-0.1, -0.05) is 72.3 Å². The van der Waals surface area contributed by atoms with Crippen LogP contribution in [0.1, 0.15) is 45.2 Å². The molecule has 0 spiro atoms. The van der Waals surface area contributed by atoms with Crippen molar-refractivity contribution < 1.29 is 13.9 Å². The van der Waals surface area contributed by atoms with Crippen LogP contribution in [0.5, 0.6) is 0 Å². The number of esters is 1. The summed E-state index contributed by atoms with van der Waals surface area (Å²) in [6.45, 7) is 10.3. The topological polar surface area (TPSA) is 55.0 Å². The van der Waals surface area contributed by atoms with Gasteiger partial charge in [-0.05, 0) is 98.0 Å². The fraction of sp³-hybridized carbons (Fsp3) is 0.105. The van der Waals surface area contributed by atoms with E-state index in [4.69, 9.17) is 16.3 Å². The zero-order valence-electron chi connectivity index (χ0n) is 25.3. The lowest BCUT2D eigenvalue weighted by Crippen LogP contribution is -2.01. The van der Waals surface area contributed by atoms with E-state index in [9.17, 15) is 14.4 Å². The number of fused-ring (bicyclic) bond motifs is 1. The molecule has 1 aromatic heterocycles. The van der Waals surface area contributed by atoms with Gasteiger partial charge in [0.05, 0.1) is 29.4 Å². The summed E-state index contributed by atoms with van der Waals surface area (Å²) < 4.78 is 21.8. The fourth-order valence-electron chi connectivity index (χ4n) is 5.27. The average Bonchev–Trinajstić information content (AvgIpc) is 3.34. The van der Waals surface area contributed by atoms with Gasteiger partial charge in [0.25, 0.3) is 0 Å². The lowest BCUT2D eigenvalue weighted by Gasteiger charge is -2.15. The number of nitrogens with zero attached hydrogens (tertiary/aromatic N) is 2. The minimum absolute atomic E-state index is 0.340. The lowest BCUT2D eigenvalue weighted by atomic mass is 9.92. The van der Waals surface area contributed by atoms with Crippen LogP contribution < -0.4 is 0 Å². The molecule has 0 N–H and O–H groups in total. The predicted octanol–water partition coefficient (Wildman–Crippen LogP) is 10.6. The van der Waals surface area contributed by atoms with Crippen LogP contribution in [-0.4, -0.2) is 17.1 Å². The van der Waals surface area contributed by atoms with E-state index in [1.54, 1.807) is 24.3 Å². The van der Waals surface area contributed by atoms with E-state index in [-0.39, 0.29) is 5.82 Å². The minimum atomic E-state index is -0.481. The van der Waals surface area contributed by atoms with E-state index in [0.29, 0.717) is 49.5 Å². The first-order chi connectivity index (χ1) is 21.7. The van der Waals surface area contributed by atoms with Crippen molar-refractivity contribution in [3.05, 3.63) is 148 Å². The monoisotopic (exact) mass is 632 g/mol. The Morgan fingerprint density at radius 1 is 1.07 bits per heavy atom. The molecule has 0 atom stereocenters. The normalized spacial score (nSPS) is 11.6. The van der Waals surface area contributed by atoms with Crippen molar-refractivity contribution in [1.29, 1.82) is 5.26 Å². The Balaban J connectivity index is 1.81. The van der Waals surface area contributed by atoms with Gasteiger partial charge in [-0.3, -0.25) is 3.97 Å². The summed E-state index contributed by atoms with van der Waals surface area (Å²) in [5.41, 5.74) is 7.75. The van der Waals surface area contributed by atoms with E-state index >= 15 is 0 Å². The smallest absolute Gasteiger partial charge is 0.337 e. The number of benzene rings is 4. The number of rotatable bonds is 8. The zero-order chi connectivity index (χ0) is 32.2. The molecule has 4 nitrogen and oxygen atoms in total. The van der Waals surface area contributed by atoms with Crippen molar-refractivity contribution in [3.8, 4) is 17.2 Å². The third-order valence-electron chi connectivity index (χ3n) is 7.44. The summed E-state index contributed by atoms with van der Waals surface area (Å²) in [6, 6.07) is 25.9. The van der Waals surface area contributed by atoms with Gasteiger partial charge in [-0.2, -0.15) is 5.26 Å². The Kier molecular flexibility index (Phi) is 9.43. The molecule has 5 aromatic rings. The molecule has 4 aromatic carbocycles. The van der Waals surface area contributed by atoms with Gasteiger partial charge in [-0.25, -0.2) is 9.18 Å². The van der Waals surface area contributed by atoms with Crippen LogP contribution in [0.4, 0.5) is 4.39 Å². The number of hydrogen-bond donors (Lipinski definition) is 0. The van der Waals surface area contributed by atoms with E-state index in [0.717, 1.165) is 27.1 Å². The molecular formula is C38H30ClFN2O2S. The molecule has 0 saturated carbocycles. The van der Waals surface area contributed by atoms with Crippen LogP contribution in [0, 0.1) is 31.0 Å². The lowest BCUT2D eigenvalue weighted by molar-refractivity contribution is 0.0600. The van der Waals surface area contributed by atoms with E-state index in [2.05, 4.69) is 12.6 Å². The fourth-order valence-corrected chi connectivity index (χ4v) is 6.58. The first-order valence-corrected chi connectivity index (χ1v) is 15.3. The highest BCUT2D eigenvalue weighted by molar-refractivity contribution is 7.98. The van der Waals surface area contributed by atoms with Crippen molar-refractivity contribution >= 4 is 51.6 Å². The van der Waals surface area contributed by atoms with Gasteiger partial charge >= 0.3 is 5.97 Å². The molecule has 0 saturated heterocycles. The van der Waals surface area contributed by atoms with Gasteiger partial charge < -0.3 is 4.74 Å². The zero-order valence-corrected chi connectivity index (χ0v) is 26.9. The van der Waals surface area contributed by atoms with Crippen molar-refractivity contribution in [1.82, 2.24) is 3.97 Å². The van der Waals surface area contributed by atoms with E-state index < -0.39 is 5.97 Å². The Morgan fingerprint density at radius 2 is 1.82 bits per heavy atom. The number of carbonyl (C=O) groups is 1. The van der Waals surface area contributed by atoms with Gasteiger partial charge in [0.2, 0.25) is 0 Å². The van der Waals surface area contributed by atoms with Gasteiger partial charge in [0.1, 0.15) is 11.9 Å². The molecule has 0 aliphatic rings. The maximum Gasteiger partial charge on any atom is 0.337 e. The van der Waals surface area contributed by atoms with Crippen LogP contribution in [-0.2, 0) is 4.74 Å². The maximum absolute atomic E-state index is 14.9. The second-order valence-electron chi connectivity index (χ2n) is 10.5. The number of methoxy groups -OCH3 is 1. The highest BCUT2D eigenvalue weighted by Crippen LogP contribution is 2.45. The Labute approximate surface area is 271 Å². The Bertz CT molecular complexity index is 2070. The number of allylic oxidation sites excluding steroid dienone is 5. The summed E-state index contributed by atoms with van der Waals surface area (Å²) in [4.78, 5) is 13.1. The second kappa shape index (κ2) is 13.4. The van der Waals surface area contributed by atoms with E-state index in [1.807, 2.05) is 85.4 Å². The second-order valence-corrected chi connectivity index (χ2v) is 11.9. The number of hydrogen-bond acceptors (Lipinski definition) is 4. The van der Waals surface area contributed by atoms with Crippen molar-refractivity contribution in [2.45, 2.75) is 25.7 Å². The minimum Gasteiger partial charge on any atom is -0.465 e. The molecule has 0 aliphatic heterocycles. The molecule has 0 amide bonds. The predicted molar refractivity (Wildman–Crippen MR) is 184 cm³/mol. The molecule has 7 heteroatoms. The third-order valence-corrected chi connectivity index (χ3v) is 8.80. The first kappa shape index (κ1) is 31.6. The van der Waals surface area contributed by atoms with Crippen molar-refractivity contribution in [2.75, 3.05) is 7.11 Å². The highest BCUT2D eigenvalue weighted by Gasteiger charge is 2.24. The molecule has 224 valence electrons. The quantitative estimate of drug-likeness (QED) is 0.126. The van der Waals surface area contributed by atoms with Crippen LogP contribution in [0.3, 0.4) is 0 Å². The summed E-state index contributed by atoms with van der Waals surface area (Å²) in [7, 11) is 1.32. The molecule has 1 heterocycles. The molecule has 0 unspecified atom stereocenters. The molecule has 5 rings (SSSR count). The van der Waals surface area contributed by atoms with Crippen molar-refractivity contribution in [3.63, 3.8) is 0 Å². The number of nitriles is 1. The molecule has 0 fully saturated rings. The number of carbonyl (C=O) groups excluding carboxylic acids is 1. The molecule has 45 heavy (non-hydrogen) atoms. The maximum atomic E-state index is 14.9. The largest absolute Gasteiger partial charge is 0.465 e. The Hall–Kier alpha value is -4.83. The van der Waals surface area contributed by atoms with Gasteiger partial charge in [0.15, 0.2) is 0 Å². The molecule has 0 radical (unpaired) electrons. The van der Waals surface area contributed by atoms with Gasteiger partial charge in [-0.15, -0.1) is 0 Å². The Morgan fingerprint density at radius 3 is 2.49 bits per heavy atom. The van der Waals surface area contributed by atoms with Crippen LogP contribution in [0.2, 0.25) is 5.02 Å². The number of ether oxygens (including phenoxy) is 1. The summed E-state index contributed by atoms with van der Waals surface area (Å²) in [5, 5.41) is 11.3. The number of aryl methyl sites for hydroxylation is 2. The van der Waals surface area contributed by atoms with Gasteiger partial charge in [0, 0.05) is 32.0 Å². The summed E-state index contributed by atoms with van der Waals surface area (Å²) in [6.07, 6.45) is 5.73. The van der Waals surface area contributed by atoms with E-state index in [1.165, 1.54) is 31.2 Å². The van der Waals surface area contributed by atoms with Crippen LogP contribution in [0.15, 0.2) is 109 Å². The van der Waals surface area contributed by atoms with Crippen molar-refractivity contribution in [2.24, 2.45) is 0 Å². The van der Waals surface area contributed by atoms with Crippen LogP contribution >= 0.6 is 23.5 Å².